The maximum Gasteiger partial charge on any atom is 0.355 e. The molecule has 2 aromatic carbocycles. The average molecular weight is 443 g/mol. The Hall–Kier alpha value is -4.28. The topological polar surface area (TPSA) is 142 Å². The summed E-state index contributed by atoms with van der Waals surface area (Å²) in [5.41, 5.74) is 0.531. The SMILES string of the molecule is COc1cc(OC)c2[nH]c(C(=O)OC(C)C(=O)Nc3cc([N+](=O)[O-])ccc3OC)cc2c1. The van der Waals surface area contributed by atoms with Crippen LogP contribution in [0.1, 0.15) is 17.4 Å². The van der Waals surface area contributed by atoms with Crippen molar-refractivity contribution in [3.8, 4) is 17.2 Å². The van der Waals surface area contributed by atoms with Gasteiger partial charge in [0.25, 0.3) is 11.6 Å². The summed E-state index contributed by atoms with van der Waals surface area (Å²) in [6.07, 6.45) is -1.20. The lowest BCUT2D eigenvalue weighted by Crippen LogP contribution is -2.30. The Kier molecular flexibility index (Phi) is 6.47. The number of benzene rings is 2. The van der Waals surface area contributed by atoms with Crippen LogP contribution < -0.4 is 19.5 Å². The van der Waals surface area contributed by atoms with Gasteiger partial charge in [0, 0.05) is 23.6 Å². The number of nitrogens with one attached hydrogen (secondary N) is 2. The molecule has 0 fully saturated rings. The number of anilines is 1. The number of aromatic amines is 1. The van der Waals surface area contributed by atoms with Gasteiger partial charge in [-0.15, -0.1) is 0 Å². The molecule has 0 bridgehead atoms. The summed E-state index contributed by atoms with van der Waals surface area (Å²) in [5.74, 6) is -0.212. The molecule has 3 rings (SSSR count). The molecule has 0 aliphatic heterocycles. The van der Waals surface area contributed by atoms with Crippen LogP contribution in [-0.4, -0.2) is 49.2 Å². The van der Waals surface area contributed by atoms with E-state index in [9.17, 15) is 19.7 Å². The van der Waals surface area contributed by atoms with Gasteiger partial charge in [-0.25, -0.2) is 4.79 Å². The zero-order valence-electron chi connectivity index (χ0n) is 17.8. The predicted molar refractivity (Wildman–Crippen MR) is 115 cm³/mol. The van der Waals surface area contributed by atoms with Crippen molar-refractivity contribution in [2.24, 2.45) is 0 Å². The van der Waals surface area contributed by atoms with Gasteiger partial charge in [0.1, 0.15) is 22.9 Å². The molecule has 1 unspecified atom stereocenters. The number of esters is 1. The van der Waals surface area contributed by atoms with Crippen molar-refractivity contribution < 1.29 is 33.5 Å². The quantitative estimate of drug-likeness (QED) is 0.307. The van der Waals surface area contributed by atoms with Crippen molar-refractivity contribution in [2.75, 3.05) is 26.6 Å². The largest absolute Gasteiger partial charge is 0.497 e. The fourth-order valence-corrected chi connectivity index (χ4v) is 2.99. The van der Waals surface area contributed by atoms with Crippen LogP contribution in [0.5, 0.6) is 17.2 Å². The highest BCUT2D eigenvalue weighted by atomic mass is 16.6. The van der Waals surface area contributed by atoms with Gasteiger partial charge < -0.3 is 29.2 Å². The summed E-state index contributed by atoms with van der Waals surface area (Å²) in [6, 6.07) is 8.69. The van der Waals surface area contributed by atoms with Crippen LogP contribution in [0.25, 0.3) is 10.9 Å². The second-order valence-electron chi connectivity index (χ2n) is 6.66. The van der Waals surface area contributed by atoms with Gasteiger partial charge >= 0.3 is 5.97 Å². The minimum absolute atomic E-state index is 0.0806. The van der Waals surface area contributed by atoms with Crippen LogP contribution in [0.4, 0.5) is 11.4 Å². The monoisotopic (exact) mass is 443 g/mol. The molecule has 0 radical (unpaired) electrons. The zero-order valence-corrected chi connectivity index (χ0v) is 17.8. The van der Waals surface area contributed by atoms with Gasteiger partial charge in [0.2, 0.25) is 0 Å². The van der Waals surface area contributed by atoms with E-state index in [1.54, 1.807) is 18.2 Å². The molecule has 0 saturated heterocycles. The van der Waals surface area contributed by atoms with E-state index in [2.05, 4.69) is 10.3 Å². The highest BCUT2D eigenvalue weighted by Crippen LogP contribution is 2.32. The van der Waals surface area contributed by atoms with E-state index in [0.29, 0.717) is 22.4 Å². The lowest BCUT2D eigenvalue weighted by atomic mass is 10.2. The molecule has 3 aromatic rings. The first kappa shape index (κ1) is 22.4. The molecule has 1 amide bonds. The number of hydrogen-bond acceptors (Lipinski definition) is 8. The first-order valence-corrected chi connectivity index (χ1v) is 9.36. The Morgan fingerprint density at radius 2 is 1.75 bits per heavy atom. The van der Waals surface area contributed by atoms with Gasteiger partial charge in [0.05, 0.1) is 37.5 Å². The average Bonchev–Trinajstić information content (AvgIpc) is 3.22. The molecule has 0 aliphatic carbocycles. The first-order valence-electron chi connectivity index (χ1n) is 9.36. The molecule has 1 atom stereocenters. The number of ether oxygens (including phenoxy) is 4. The van der Waals surface area contributed by atoms with Crippen molar-refractivity contribution in [3.63, 3.8) is 0 Å². The summed E-state index contributed by atoms with van der Waals surface area (Å²) in [6.45, 7) is 1.38. The van der Waals surface area contributed by atoms with Gasteiger partial charge in [-0.2, -0.15) is 0 Å². The third-order valence-electron chi connectivity index (χ3n) is 4.65. The maximum absolute atomic E-state index is 12.6. The number of carbonyl (C=O) groups excluding carboxylic acids is 2. The summed E-state index contributed by atoms with van der Waals surface area (Å²) < 4.78 is 20.9. The lowest BCUT2D eigenvalue weighted by Gasteiger charge is -2.14. The molecule has 1 aromatic heterocycles. The number of nitrogens with zero attached hydrogens (tertiary/aromatic N) is 1. The van der Waals surface area contributed by atoms with E-state index in [1.807, 2.05) is 0 Å². The summed E-state index contributed by atoms with van der Waals surface area (Å²) >= 11 is 0. The lowest BCUT2D eigenvalue weighted by molar-refractivity contribution is -0.384. The van der Waals surface area contributed by atoms with Gasteiger partial charge in [-0.1, -0.05) is 0 Å². The van der Waals surface area contributed by atoms with Crippen molar-refractivity contribution in [1.82, 2.24) is 4.98 Å². The molecule has 11 nitrogen and oxygen atoms in total. The molecule has 0 aliphatic rings. The van der Waals surface area contributed by atoms with E-state index in [1.165, 1.54) is 40.4 Å². The molecule has 168 valence electrons. The van der Waals surface area contributed by atoms with Crippen LogP contribution in [-0.2, 0) is 9.53 Å². The number of nitro groups is 1. The predicted octanol–water partition coefficient (Wildman–Crippen LogP) is 3.29. The minimum atomic E-state index is -1.20. The number of amides is 1. The molecule has 0 spiro atoms. The van der Waals surface area contributed by atoms with Gasteiger partial charge in [-0.3, -0.25) is 14.9 Å². The Morgan fingerprint density at radius 3 is 2.38 bits per heavy atom. The second-order valence-corrected chi connectivity index (χ2v) is 6.66. The maximum atomic E-state index is 12.6. The third kappa shape index (κ3) is 4.56. The van der Waals surface area contributed by atoms with Crippen molar-refractivity contribution >= 4 is 34.2 Å². The standard InChI is InChI=1S/C21H21N3O8/c1-11(20(25)23-15-9-13(24(27)28)5-6-17(15)30-3)32-21(26)16-8-12-7-14(29-2)10-18(31-4)19(12)22-16/h5-11,22H,1-4H3,(H,23,25). The molecule has 0 saturated carbocycles. The minimum Gasteiger partial charge on any atom is -0.497 e. The third-order valence-corrected chi connectivity index (χ3v) is 4.65. The van der Waals surface area contributed by atoms with Crippen LogP contribution in [0, 0.1) is 10.1 Å². The van der Waals surface area contributed by atoms with E-state index < -0.39 is 22.9 Å². The molecular weight excluding hydrogens is 422 g/mol. The van der Waals surface area contributed by atoms with E-state index in [0.717, 1.165) is 6.07 Å². The normalized spacial score (nSPS) is 11.5. The van der Waals surface area contributed by atoms with E-state index in [-0.39, 0.29) is 22.8 Å². The van der Waals surface area contributed by atoms with Gasteiger partial charge in [-0.05, 0) is 25.1 Å². The first-order chi connectivity index (χ1) is 15.3. The number of rotatable bonds is 8. The molecule has 11 heteroatoms. The van der Waals surface area contributed by atoms with Crippen molar-refractivity contribution in [2.45, 2.75) is 13.0 Å². The molecule has 32 heavy (non-hydrogen) atoms. The van der Waals surface area contributed by atoms with E-state index >= 15 is 0 Å². The summed E-state index contributed by atoms with van der Waals surface area (Å²) in [5, 5.41) is 14.1. The summed E-state index contributed by atoms with van der Waals surface area (Å²) in [4.78, 5) is 38.4. The number of non-ortho nitro benzene ring substituents is 1. The highest BCUT2D eigenvalue weighted by Gasteiger charge is 2.23. The van der Waals surface area contributed by atoms with Crippen molar-refractivity contribution in [1.29, 1.82) is 0 Å². The fourth-order valence-electron chi connectivity index (χ4n) is 2.99. The van der Waals surface area contributed by atoms with Gasteiger partial charge in [0.15, 0.2) is 6.10 Å². The van der Waals surface area contributed by atoms with Crippen LogP contribution in [0.2, 0.25) is 0 Å². The number of methoxy groups -OCH3 is 3. The molecular formula is C21H21N3O8. The second kappa shape index (κ2) is 9.25. The number of hydrogen-bond donors (Lipinski definition) is 2. The number of nitro benzene ring substituents is 1. The number of aromatic nitrogens is 1. The Bertz CT molecular complexity index is 1190. The highest BCUT2D eigenvalue weighted by molar-refractivity contribution is 6.00. The zero-order chi connectivity index (χ0) is 23.4. The van der Waals surface area contributed by atoms with Crippen LogP contribution in [0.15, 0.2) is 36.4 Å². The van der Waals surface area contributed by atoms with Crippen LogP contribution in [0.3, 0.4) is 0 Å². The Balaban J connectivity index is 1.76. The smallest absolute Gasteiger partial charge is 0.355 e. The Labute approximate surface area is 182 Å². The molecule has 2 N–H and O–H groups in total. The van der Waals surface area contributed by atoms with Crippen molar-refractivity contribution in [3.05, 3.63) is 52.2 Å². The summed E-state index contributed by atoms with van der Waals surface area (Å²) in [7, 11) is 4.36. The molecule has 1 heterocycles. The van der Waals surface area contributed by atoms with E-state index in [4.69, 9.17) is 18.9 Å². The number of carbonyl (C=O) groups is 2. The Morgan fingerprint density at radius 1 is 1.03 bits per heavy atom. The fraction of sp³-hybridized carbons (Fsp3) is 0.238. The number of fused-ring (bicyclic) bond motifs is 1. The number of H-pyrrole nitrogens is 1. The van der Waals surface area contributed by atoms with Crippen LogP contribution >= 0.6 is 0 Å².